The molecule has 0 aliphatic heterocycles. The van der Waals surface area contributed by atoms with E-state index in [0.717, 1.165) is 17.5 Å². The molecule has 0 amide bonds. The van der Waals surface area contributed by atoms with Gasteiger partial charge in [-0.3, -0.25) is 0 Å². The first-order chi connectivity index (χ1) is 10.7. The average Bonchev–Trinajstić information content (AvgIpc) is 2.53. The molecule has 2 rings (SSSR count). The molecular formula is C18H22N2O4. The molecule has 2 N–H and O–H groups in total. The number of isocyanates is 1. The lowest BCUT2D eigenvalue weighted by molar-refractivity contribution is 0.0773. The summed E-state index contributed by atoms with van der Waals surface area (Å²) in [5, 5.41) is 22.6. The molecule has 6 heteroatoms. The molecule has 0 aromatic heterocycles. The molecule has 0 radical (unpaired) electrons. The largest absolute Gasteiger partial charge is 0.388 e. The number of benzene rings is 2. The highest BCUT2D eigenvalue weighted by molar-refractivity contribution is 5.49. The number of hydrogen-bond acceptors (Lipinski definition) is 6. The Morgan fingerprint density at radius 1 is 0.958 bits per heavy atom. The van der Waals surface area contributed by atoms with Crippen molar-refractivity contribution in [3.63, 3.8) is 0 Å². The van der Waals surface area contributed by atoms with Gasteiger partial charge in [-0.1, -0.05) is 39.1 Å². The van der Waals surface area contributed by atoms with Gasteiger partial charge in [0.15, 0.2) is 0 Å². The zero-order valence-electron chi connectivity index (χ0n) is 11.6. The number of aliphatic hydroxyl groups is 2. The Morgan fingerprint density at radius 2 is 1.42 bits per heavy atom. The zero-order valence-corrected chi connectivity index (χ0v) is 11.6. The van der Waals surface area contributed by atoms with Gasteiger partial charge in [0.1, 0.15) is 12.5 Å². The van der Waals surface area contributed by atoms with Crippen molar-refractivity contribution in [2.24, 2.45) is 4.99 Å². The van der Waals surface area contributed by atoms with E-state index in [4.69, 9.17) is 20.2 Å². The fourth-order valence-corrected chi connectivity index (χ4v) is 1.70. The number of rotatable bonds is 4. The molecule has 0 aliphatic carbocycles. The van der Waals surface area contributed by atoms with E-state index in [1.54, 1.807) is 30.5 Å². The highest BCUT2D eigenvalue weighted by Crippen LogP contribution is 2.17. The first-order valence-electron chi connectivity index (χ1n) is 6.27. The number of carbonyl (C=O) groups excluding carboxylic acids is 1. The first-order valence-corrected chi connectivity index (χ1v) is 6.27. The summed E-state index contributed by atoms with van der Waals surface area (Å²) in [6.45, 7) is -0.750. The summed E-state index contributed by atoms with van der Waals surface area (Å²) in [6.07, 6.45) is 3.90. The molecule has 0 aliphatic rings. The number of aliphatic imine (C=N–C) groups is 1. The van der Waals surface area contributed by atoms with Crippen LogP contribution in [0.15, 0.2) is 53.5 Å². The van der Waals surface area contributed by atoms with Crippen LogP contribution < -0.4 is 4.74 Å². The van der Waals surface area contributed by atoms with Crippen molar-refractivity contribution in [3.05, 3.63) is 59.7 Å². The van der Waals surface area contributed by atoms with Gasteiger partial charge >= 0.3 is 0 Å². The summed E-state index contributed by atoms with van der Waals surface area (Å²) in [5.41, 5.74) is 2.81. The fraction of sp³-hybridized carbons (Fsp3) is 0.222. The lowest BCUT2D eigenvalue weighted by atomic mass is 10.0. The molecule has 0 unspecified atom stereocenters. The Balaban J connectivity index is 0. The van der Waals surface area contributed by atoms with Crippen LogP contribution in [0.25, 0.3) is 0 Å². The smallest absolute Gasteiger partial charge is 0.292 e. The van der Waals surface area contributed by atoms with Crippen LogP contribution in [0.1, 0.15) is 26.0 Å². The van der Waals surface area contributed by atoms with Crippen LogP contribution in [0.4, 0.5) is 5.69 Å². The van der Waals surface area contributed by atoms with E-state index in [2.05, 4.69) is 4.99 Å². The summed E-state index contributed by atoms with van der Waals surface area (Å²) in [6, 6.07) is 14.7. The monoisotopic (exact) mass is 330 g/mol. The predicted molar refractivity (Wildman–Crippen MR) is 92.5 cm³/mol. The second kappa shape index (κ2) is 13.7. The van der Waals surface area contributed by atoms with Gasteiger partial charge in [-0.05, 0) is 41.8 Å². The Bertz CT molecular complexity index is 655. The van der Waals surface area contributed by atoms with Gasteiger partial charge in [-0.25, -0.2) is 4.79 Å². The van der Waals surface area contributed by atoms with Crippen molar-refractivity contribution >= 4 is 11.8 Å². The molecule has 6 nitrogen and oxygen atoms in total. The maximum Gasteiger partial charge on any atom is 0.292 e. The van der Waals surface area contributed by atoms with E-state index in [-0.39, 0.29) is 14.9 Å². The van der Waals surface area contributed by atoms with Crippen molar-refractivity contribution in [1.29, 1.82) is 5.26 Å². The van der Waals surface area contributed by atoms with Crippen LogP contribution in [0.3, 0.4) is 0 Å². The van der Waals surface area contributed by atoms with E-state index in [1.165, 1.54) is 6.08 Å². The minimum atomic E-state index is -0.750. The number of hydrogen-bond donors (Lipinski definition) is 2. The van der Waals surface area contributed by atoms with Gasteiger partial charge in [0.05, 0.1) is 5.69 Å². The standard InChI is InChI=1S/C15H10N2O2.CH4O2.2CH4/c16-10-19-15-7-3-13(4-8-15)9-12-1-5-14(6-2-12)17-11-18;2-1-3;;/h1-8H,9H2;2-3H,1H2;2*1H4. The van der Waals surface area contributed by atoms with Gasteiger partial charge in [-0.2, -0.15) is 4.99 Å². The quantitative estimate of drug-likeness (QED) is 0.387. The SMILES string of the molecule is C.C.N#COc1ccc(Cc2ccc(N=C=O)cc2)cc1.OCO. The molecule has 0 fully saturated rings. The number of nitrogens with zero attached hydrogens (tertiary/aromatic N) is 2. The van der Waals surface area contributed by atoms with E-state index < -0.39 is 6.79 Å². The topological polar surface area (TPSA) is 103 Å². The lowest BCUT2D eigenvalue weighted by Crippen LogP contribution is -1.88. The fourth-order valence-electron chi connectivity index (χ4n) is 1.70. The molecule has 2 aromatic carbocycles. The Hall–Kier alpha value is -2.97. The van der Waals surface area contributed by atoms with Crippen LogP contribution in [0.2, 0.25) is 0 Å². The van der Waals surface area contributed by atoms with E-state index in [0.29, 0.717) is 11.4 Å². The average molecular weight is 330 g/mol. The molecule has 128 valence electrons. The summed E-state index contributed by atoms with van der Waals surface area (Å²) < 4.78 is 4.71. The van der Waals surface area contributed by atoms with Crippen molar-refractivity contribution in [2.45, 2.75) is 21.3 Å². The van der Waals surface area contributed by atoms with Gasteiger partial charge in [-0.15, -0.1) is 5.26 Å². The Kier molecular flexibility index (Phi) is 13.3. The minimum Gasteiger partial charge on any atom is -0.388 e. The van der Waals surface area contributed by atoms with Gasteiger partial charge < -0.3 is 14.9 Å². The summed E-state index contributed by atoms with van der Waals surface area (Å²) in [5.74, 6) is 0.530. The van der Waals surface area contributed by atoms with E-state index in [1.807, 2.05) is 24.3 Å². The molecule has 2 aromatic rings. The Labute approximate surface area is 142 Å². The number of nitriles is 1. The zero-order chi connectivity index (χ0) is 16.2. The van der Waals surface area contributed by atoms with Crippen molar-refractivity contribution in [2.75, 3.05) is 6.79 Å². The maximum atomic E-state index is 10.1. The number of ether oxygens (including phenoxy) is 1. The molecule has 24 heavy (non-hydrogen) atoms. The molecule has 0 saturated carbocycles. The molecule has 0 heterocycles. The third kappa shape index (κ3) is 8.47. The lowest BCUT2D eigenvalue weighted by Gasteiger charge is -2.03. The third-order valence-corrected chi connectivity index (χ3v) is 2.61. The summed E-state index contributed by atoms with van der Waals surface area (Å²) in [7, 11) is 0. The van der Waals surface area contributed by atoms with Crippen molar-refractivity contribution in [1.82, 2.24) is 0 Å². The maximum absolute atomic E-state index is 10.1. The summed E-state index contributed by atoms with van der Waals surface area (Å²) >= 11 is 0. The van der Waals surface area contributed by atoms with Crippen LogP contribution >= 0.6 is 0 Å². The summed E-state index contributed by atoms with van der Waals surface area (Å²) in [4.78, 5) is 13.6. The van der Waals surface area contributed by atoms with Gasteiger partial charge in [0.25, 0.3) is 6.26 Å². The molecule has 0 atom stereocenters. The highest BCUT2D eigenvalue weighted by Gasteiger charge is 1.98. The molecule has 0 bridgehead atoms. The molecule has 0 saturated heterocycles. The van der Waals surface area contributed by atoms with Gasteiger partial charge in [0.2, 0.25) is 6.08 Å². The highest BCUT2D eigenvalue weighted by atomic mass is 16.5. The minimum absolute atomic E-state index is 0. The van der Waals surface area contributed by atoms with Crippen molar-refractivity contribution in [3.8, 4) is 12.0 Å². The van der Waals surface area contributed by atoms with Crippen LogP contribution in [-0.4, -0.2) is 23.1 Å². The third-order valence-electron chi connectivity index (χ3n) is 2.61. The van der Waals surface area contributed by atoms with Crippen LogP contribution in [0.5, 0.6) is 5.75 Å². The van der Waals surface area contributed by atoms with E-state index >= 15 is 0 Å². The predicted octanol–water partition coefficient (Wildman–Crippen LogP) is 3.31. The Morgan fingerprint density at radius 3 is 1.83 bits per heavy atom. The van der Waals surface area contributed by atoms with Crippen LogP contribution in [-0.2, 0) is 11.2 Å². The van der Waals surface area contributed by atoms with Gasteiger partial charge in [0, 0.05) is 0 Å². The second-order valence-corrected chi connectivity index (χ2v) is 4.03. The van der Waals surface area contributed by atoms with Crippen LogP contribution in [0, 0.1) is 11.5 Å². The van der Waals surface area contributed by atoms with Crippen molar-refractivity contribution < 1.29 is 19.7 Å². The normalized spacial score (nSPS) is 8.04. The van der Waals surface area contributed by atoms with E-state index in [9.17, 15) is 4.79 Å². The molecular weight excluding hydrogens is 308 g/mol. The molecule has 0 spiro atoms. The first kappa shape index (κ1) is 23.3. The number of aliphatic hydroxyl groups excluding tert-OH is 1. The second-order valence-electron chi connectivity index (χ2n) is 4.03.